The molecule has 0 saturated heterocycles. The van der Waals surface area contributed by atoms with Gasteiger partial charge in [-0.15, -0.1) is 0 Å². The standard InChI is InChI=1S/C14H24N2O5/c1-8(2)21-14(20)12(6-5-11(18)7-15)16-13(19)9(3)10(4)17/h7-10,12,15,17H,5-6H2,1-4H3,(H,16,19)/t9-,10+,12+/m1/s1. The minimum absolute atomic E-state index is 0.0370. The normalized spacial score (nSPS) is 15.0. The van der Waals surface area contributed by atoms with Crippen LogP contribution in [0.3, 0.4) is 0 Å². The number of amides is 1. The van der Waals surface area contributed by atoms with Crippen molar-refractivity contribution < 1.29 is 24.2 Å². The fraction of sp³-hybridized carbons (Fsp3) is 0.714. The van der Waals surface area contributed by atoms with Crippen LogP contribution in [0.25, 0.3) is 0 Å². The van der Waals surface area contributed by atoms with Gasteiger partial charge in [-0.2, -0.15) is 0 Å². The predicted octanol–water partition coefficient (Wildman–Crippen LogP) is 0.439. The van der Waals surface area contributed by atoms with Crippen molar-refractivity contribution >= 4 is 23.9 Å². The van der Waals surface area contributed by atoms with Gasteiger partial charge in [0, 0.05) is 6.42 Å². The van der Waals surface area contributed by atoms with E-state index < -0.39 is 35.7 Å². The molecule has 3 N–H and O–H groups in total. The van der Waals surface area contributed by atoms with Crippen LogP contribution in [0.5, 0.6) is 0 Å². The van der Waals surface area contributed by atoms with E-state index in [1.807, 2.05) is 0 Å². The molecule has 0 fully saturated rings. The summed E-state index contributed by atoms with van der Waals surface area (Å²) in [5.41, 5.74) is 0. The SMILES string of the molecule is CC(C)OC(=O)[C@H](CCC(=O)C=N)NC(=O)[C@H](C)[C@H](C)O. The summed E-state index contributed by atoms with van der Waals surface area (Å²) in [6.45, 7) is 6.37. The van der Waals surface area contributed by atoms with E-state index in [9.17, 15) is 19.5 Å². The van der Waals surface area contributed by atoms with Crippen molar-refractivity contribution in [2.75, 3.05) is 0 Å². The number of carbonyl (C=O) groups excluding carboxylic acids is 3. The van der Waals surface area contributed by atoms with E-state index in [4.69, 9.17) is 10.1 Å². The third kappa shape index (κ3) is 7.55. The lowest BCUT2D eigenvalue weighted by Crippen LogP contribution is -2.46. The van der Waals surface area contributed by atoms with Crippen molar-refractivity contribution in [2.24, 2.45) is 5.92 Å². The van der Waals surface area contributed by atoms with E-state index in [0.717, 1.165) is 0 Å². The first-order valence-corrected chi connectivity index (χ1v) is 6.91. The molecule has 0 rings (SSSR count). The number of ketones is 1. The van der Waals surface area contributed by atoms with Crippen molar-refractivity contribution in [3.63, 3.8) is 0 Å². The van der Waals surface area contributed by atoms with E-state index in [1.165, 1.54) is 13.8 Å². The van der Waals surface area contributed by atoms with Crippen LogP contribution in [0.2, 0.25) is 0 Å². The first kappa shape index (κ1) is 19.2. The lowest BCUT2D eigenvalue weighted by Gasteiger charge is -2.21. The average Bonchev–Trinajstić information content (AvgIpc) is 2.40. The largest absolute Gasteiger partial charge is 0.461 e. The summed E-state index contributed by atoms with van der Waals surface area (Å²) < 4.78 is 5.03. The molecule has 0 spiro atoms. The van der Waals surface area contributed by atoms with E-state index >= 15 is 0 Å². The van der Waals surface area contributed by atoms with Crippen molar-refractivity contribution in [1.82, 2.24) is 5.32 Å². The predicted molar refractivity (Wildman–Crippen MR) is 77.0 cm³/mol. The van der Waals surface area contributed by atoms with Crippen LogP contribution in [-0.2, 0) is 19.1 Å². The highest BCUT2D eigenvalue weighted by Crippen LogP contribution is 2.07. The summed E-state index contributed by atoms with van der Waals surface area (Å²) in [5, 5.41) is 18.7. The molecule has 0 bridgehead atoms. The summed E-state index contributed by atoms with van der Waals surface area (Å²) in [4.78, 5) is 34.9. The van der Waals surface area contributed by atoms with Crippen molar-refractivity contribution in [1.29, 1.82) is 5.41 Å². The Morgan fingerprint density at radius 3 is 2.24 bits per heavy atom. The van der Waals surface area contributed by atoms with Gasteiger partial charge >= 0.3 is 5.97 Å². The van der Waals surface area contributed by atoms with Crippen LogP contribution >= 0.6 is 0 Å². The van der Waals surface area contributed by atoms with Gasteiger partial charge in [0.25, 0.3) is 0 Å². The zero-order valence-electron chi connectivity index (χ0n) is 12.9. The second-order valence-corrected chi connectivity index (χ2v) is 5.23. The zero-order chi connectivity index (χ0) is 16.6. The average molecular weight is 300 g/mol. The van der Waals surface area contributed by atoms with E-state index in [1.54, 1.807) is 13.8 Å². The van der Waals surface area contributed by atoms with E-state index in [0.29, 0.717) is 6.21 Å². The summed E-state index contributed by atoms with van der Waals surface area (Å²) in [5.74, 6) is -2.24. The molecule has 3 atom stereocenters. The molecule has 0 aliphatic rings. The second kappa shape index (κ2) is 9.23. The van der Waals surface area contributed by atoms with Crippen molar-refractivity contribution in [3.8, 4) is 0 Å². The number of nitrogens with one attached hydrogen (secondary N) is 2. The molecule has 0 aliphatic carbocycles. The van der Waals surface area contributed by atoms with Crippen LogP contribution in [-0.4, -0.2) is 47.2 Å². The van der Waals surface area contributed by atoms with Crippen LogP contribution in [0, 0.1) is 11.3 Å². The summed E-state index contributed by atoms with van der Waals surface area (Å²) in [6, 6.07) is -0.968. The maximum atomic E-state index is 11.9. The Balaban J connectivity index is 4.78. The molecule has 0 unspecified atom stereocenters. The number of hydrogen-bond donors (Lipinski definition) is 3. The number of aliphatic hydroxyl groups excluding tert-OH is 1. The summed E-state index contributed by atoms with van der Waals surface area (Å²) in [6.07, 6.45) is -0.507. The molecule has 7 nitrogen and oxygen atoms in total. The number of esters is 1. The van der Waals surface area contributed by atoms with Gasteiger partial charge in [0.05, 0.1) is 24.3 Å². The minimum atomic E-state index is -0.968. The quantitative estimate of drug-likeness (QED) is 0.422. The molecule has 21 heavy (non-hydrogen) atoms. The van der Waals surface area contributed by atoms with Crippen LogP contribution < -0.4 is 5.32 Å². The third-order valence-electron chi connectivity index (χ3n) is 2.93. The van der Waals surface area contributed by atoms with Crippen LogP contribution in [0.1, 0.15) is 40.5 Å². The molecule has 120 valence electrons. The molecular weight excluding hydrogens is 276 g/mol. The molecule has 0 aromatic carbocycles. The number of ether oxygens (including phenoxy) is 1. The Morgan fingerprint density at radius 1 is 1.24 bits per heavy atom. The Bertz CT molecular complexity index is 393. The zero-order valence-corrected chi connectivity index (χ0v) is 12.9. The number of Topliss-reactive ketones (excluding diaryl/α,β-unsaturated/α-hetero) is 1. The van der Waals surface area contributed by atoms with Gasteiger partial charge in [-0.1, -0.05) is 6.92 Å². The molecular formula is C14H24N2O5. The number of carbonyl (C=O) groups is 3. The fourth-order valence-electron chi connectivity index (χ4n) is 1.44. The molecule has 0 saturated carbocycles. The monoisotopic (exact) mass is 300 g/mol. The van der Waals surface area contributed by atoms with Crippen LogP contribution in [0.15, 0.2) is 0 Å². The molecule has 0 aliphatic heterocycles. The van der Waals surface area contributed by atoms with Gasteiger partial charge in [0.2, 0.25) is 5.91 Å². The molecule has 0 radical (unpaired) electrons. The van der Waals surface area contributed by atoms with Gasteiger partial charge < -0.3 is 20.6 Å². The lowest BCUT2D eigenvalue weighted by atomic mass is 10.0. The molecule has 7 heteroatoms. The fourth-order valence-corrected chi connectivity index (χ4v) is 1.44. The Hall–Kier alpha value is -1.76. The Morgan fingerprint density at radius 2 is 1.81 bits per heavy atom. The van der Waals surface area contributed by atoms with Crippen molar-refractivity contribution in [3.05, 3.63) is 0 Å². The van der Waals surface area contributed by atoms with Gasteiger partial charge in [0.1, 0.15) is 6.04 Å². The summed E-state index contributed by atoms with van der Waals surface area (Å²) in [7, 11) is 0. The molecule has 0 aromatic rings. The highest BCUT2D eigenvalue weighted by Gasteiger charge is 2.27. The highest BCUT2D eigenvalue weighted by molar-refractivity contribution is 6.26. The first-order valence-electron chi connectivity index (χ1n) is 6.91. The van der Waals surface area contributed by atoms with Crippen LogP contribution in [0.4, 0.5) is 0 Å². The van der Waals surface area contributed by atoms with Crippen molar-refractivity contribution in [2.45, 2.75) is 58.8 Å². The highest BCUT2D eigenvalue weighted by atomic mass is 16.5. The summed E-state index contributed by atoms with van der Waals surface area (Å²) >= 11 is 0. The van der Waals surface area contributed by atoms with Gasteiger partial charge in [-0.3, -0.25) is 9.59 Å². The number of aliphatic hydroxyl groups is 1. The minimum Gasteiger partial charge on any atom is -0.461 e. The number of rotatable bonds is 9. The maximum Gasteiger partial charge on any atom is 0.328 e. The Kier molecular flexibility index (Phi) is 8.45. The maximum absolute atomic E-state index is 11.9. The molecule has 1 amide bonds. The van der Waals surface area contributed by atoms with Gasteiger partial charge in [0.15, 0.2) is 5.78 Å². The third-order valence-corrected chi connectivity index (χ3v) is 2.93. The van der Waals surface area contributed by atoms with Gasteiger partial charge in [-0.25, -0.2) is 4.79 Å². The first-order chi connectivity index (χ1) is 9.68. The van der Waals surface area contributed by atoms with E-state index in [2.05, 4.69) is 5.32 Å². The molecule has 0 heterocycles. The smallest absolute Gasteiger partial charge is 0.328 e. The number of hydrogen-bond acceptors (Lipinski definition) is 6. The second-order valence-electron chi connectivity index (χ2n) is 5.23. The lowest BCUT2D eigenvalue weighted by molar-refractivity contribution is -0.152. The molecule has 0 aromatic heterocycles. The van der Waals surface area contributed by atoms with E-state index in [-0.39, 0.29) is 18.9 Å². The topological polar surface area (TPSA) is 117 Å². The van der Waals surface area contributed by atoms with Gasteiger partial charge in [-0.05, 0) is 27.2 Å². The Labute approximate surface area is 124 Å².